The predicted octanol–water partition coefficient (Wildman–Crippen LogP) is 3.46. The van der Waals surface area contributed by atoms with E-state index in [9.17, 15) is 13.2 Å². The fraction of sp³-hybridized carbons (Fsp3) is 0.524. The van der Waals surface area contributed by atoms with Gasteiger partial charge in [0.15, 0.2) is 16.4 Å². The summed E-state index contributed by atoms with van der Waals surface area (Å²) >= 11 is 1.60. The van der Waals surface area contributed by atoms with Crippen LogP contribution in [0, 0.1) is 6.92 Å². The van der Waals surface area contributed by atoms with Crippen LogP contribution in [0.5, 0.6) is 5.75 Å². The molecule has 0 radical (unpaired) electrons. The van der Waals surface area contributed by atoms with Gasteiger partial charge < -0.3 is 9.64 Å². The smallest absolute Gasteiger partial charge is 0.261 e. The monoisotopic (exact) mass is 434 g/mol. The van der Waals surface area contributed by atoms with Gasteiger partial charge >= 0.3 is 0 Å². The molecule has 2 fully saturated rings. The number of amides is 1. The molecule has 2 aromatic rings. The van der Waals surface area contributed by atoms with Gasteiger partial charge in [-0.15, -0.1) is 11.3 Å². The Morgan fingerprint density at radius 3 is 2.48 bits per heavy atom. The van der Waals surface area contributed by atoms with Crippen molar-refractivity contribution in [3.8, 4) is 16.3 Å². The zero-order chi connectivity index (χ0) is 20.4. The lowest BCUT2D eigenvalue weighted by Crippen LogP contribution is -2.48. The van der Waals surface area contributed by atoms with Crippen LogP contribution in [0.4, 0.5) is 0 Å². The number of hydrogen-bond acceptors (Lipinski definition) is 6. The Hall–Kier alpha value is -1.93. The Morgan fingerprint density at radius 2 is 1.90 bits per heavy atom. The predicted molar refractivity (Wildman–Crippen MR) is 114 cm³/mol. The number of rotatable bonds is 6. The minimum Gasteiger partial charge on any atom is -0.484 e. The molecule has 29 heavy (non-hydrogen) atoms. The van der Waals surface area contributed by atoms with Gasteiger partial charge in [0.05, 0.1) is 11.5 Å². The van der Waals surface area contributed by atoms with Crippen molar-refractivity contribution in [1.82, 2.24) is 9.88 Å². The van der Waals surface area contributed by atoms with Crippen LogP contribution in [0.1, 0.15) is 37.8 Å². The molecule has 2 aliphatic rings. The van der Waals surface area contributed by atoms with Crippen molar-refractivity contribution in [1.29, 1.82) is 0 Å². The van der Waals surface area contributed by atoms with Crippen LogP contribution in [0.2, 0.25) is 0 Å². The van der Waals surface area contributed by atoms with Gasteiger partial charge in [-0.05, 0) is 50.5 Å². The van der Waals surface area contributed by atoms with Crippen LogP contribution in [-0.4, -0.2) is 54.4 Å². The van der Waals surface area contributed by atoms with E-state index in [1.54, 1.807) is 11.3 Å². The number of thiazole rings is 1. The number of benzene rings is 1. The van der Waals surface area contributed by atoms with Crippen LogP contribution in [0.3, 0.4) is 0 Å². The summed E-state index contributed by atoms with van der Waals surface area (Å²) in [6.45, 7) is 1.90. The van der Waals surface area contributed by atoms with Gasteiger partial charge in [0, 0.05) is 28.7 Å². The second-order valence-corrected chi connectivity index (χ2v) is 11.0. The molecule has 8 heteroatoms. The van der Waals surface area contributed by atoms with E-state index in [4.69, 9.17) is 4.74 Å². The van der Waals surface area contributed by atoms with E-state index in [2.05, 4.69) is 4.98 Å². The quantitative estimate of drug-likeness (QED) is 0.696. The number of aryl methyl sites for hydroxylation is 1. The van der Waals surface area contributed by atoms with E-state index in [0.717, 1.165) is 41.9 Å². The number of nitrogens with zero attached hydrogens (tertiary/aromatic N) is 2. The SMILES string of the molecule is Cc1csc(-c2ccc(OCC(=O)N(C3CCCC3)[C@@H]3CCS(=O)(=O)C3)cc2)n1. The first-order chi connectivity index (χ1) is 13.9. The second-order valence-electron chi connectivity index (χ2n) is 7.90. The Balaban J connectivity index is 1.41. The third kappa shape index (κ3) is 4.80. The molecule has 1 amide bonds. The zero-order valence-corrected chi connectivity index (χ0v) is 18.2. The molecule has 1 saturated heterocycles. The number of aromatic nitrogens is 1. The van der Waals surface area contributed by atoms with Crippen LogP contribution in [0.25, 0.3) is 10.6 Å². The summed E-state index contributed by atoms with van der Waals surface area (Å²) < 4.78 is 29.6. The average Bonchev–Trinajstić information content (AvgIpc) is 3.43. The third-order valence-electron chi connectivity index (χ3n) is 5.69. The molecular formula is C21H26N2O4S2. The number of hydrogen-bond donors (Lipinski definition) is 0. The highest BCUT2D eigenvalue weighted by Gasteiger charge is 2.39. The topological polar surface area (TPSA) is 76.6 Å². The molecule has 156 valence electrons. The molecule has 1 atom stereocenters. The first kappa shape index (κ1) is 20.3. The lowest BCUT2D eigenvalue weighted by Gasteiger charge is -2.34. The van der Waals surface area contributed by atoms with Crippen molar-refractivity contribution in [2.24, 2.45) is 0 Å². The second kappa shape index (κ2) is 8.44. The largest absolute Gasteiger partial charge is 0.484 e. The summed E-state index contributed by atoms with van der Waals surface area (Å²) in [5.74, 6) is 0.767. The average molecular weight is 435 g/mol. The van der Waals surface area contributed by atoms with Crippen LogP contribution in [-0.2, 0) is 14.6 Å². The van der Waals surface area contributed by atoms with Crippen molar-refractivity contribution >= 4 is 27.1 Å². The molecule has 4 rings (SSSR count). The summed E-state index contributed by atoms with van der Waals surface area (Å²) in [6, 6.07) is 7.50. The van der Waals surface area contributed by atoms with Crippen molar-refractivity contribution in [2.45, 2.75) is 51.1 Å². The lowest BCUT2D eigenvalue weighted by atomic mass is 10.1. The van der Waals surface area contributed by atoms with Gasteiger partial charge in [-0.1, -0.05) is 12.8 Å². The van der Waals surface area contributed by atoms with Crippen LogP contribution >= 0.6 is 11.3 Å². The number of carbonyl (C=O) groups is 1. The molecule has 1 aromatic heterocycles. The van der Waals surface area contributed by atoms with Crippen LogP contribution in [0.15, 0.2) is 29.6 Å². The summed E-state index contributed by atoms with van der Waals surface area (Å²) in [7, 11) is -3.04. The molecule has 2 heterocycles. The summed E-state index contributed by atoms with van der Waals surface area (Å²) in [6.07, 6.45) is 4.61. The first-order valence-corrected chi connectivity index (χ1v) is 12.8. The fourth-order valence-corrected chi connectivity index (χ4v) is 6.80. The Labute approximate surface area is 175 Å². The molecule has 0 unspecified atom stereocenters. The van der Waals surface area contributed by atoms with Crippen molar-refractivity contribution in [3.63, 3.8) is 0 Å². The van der Waals surface area contributed by atoms with Gasteiger partial charge in [0.2, 0.25) is 0 Å². The van der Waals surface area contributed by atoms with E-state index >= 15 is 0 Å². The standard InChI is InChI=1S/C21H26N2O4S2/c1-15-13-28-21(22-15)16-6-8-19(9-7-16)27-12-20(24)23(17-4-2-3-5-17)18-10-11-29(25,26)14-18/h6-9,13,17-18H,2-5,10-12,14H2,1H3/t18-/m1/s1. The van der Waals surface area contributed by atoms with Crippen LogP contribution < -0.4 is 4.74 Å². The maximum atomic E-state index is 13.0. The first-order valence-electron chi connectivity index (χ1n) is 10.1. The van der Waals surface area contributed by atoms with Crippen molar-refractivity contribution in [2.75, 3.05) is 18.1 Å². The molecule has 1 aliphatic heterocycles. The maximum Gasteiger partial charge on any atom is 0.261 e. The van der Waals surface area contributed by atoms with E-state index in [0.29, 0.717) is 12.2 Å². The summed E-state index contributed by atoms with van der Waals surface area (Å²) in [4.78, 5) is 19.3. The summed E-state index contributed by atoms with van der Waals surface area (Å²) in [5, 5.41) is 2.97. The molecular weight excluding hydrogens is 408 g/mol. The van der Waals surface area contributed by atoms with Gasteiger partial charge in [-0.3, -0.25) is 4.79 Å². The molecule has 6 nitrogen and oxygen atoms in total. The van der Waals surface area contributed by atoms with Crippen molar-refractivity contribution < 1.29 is 17.9 Å². The normalized spacial score (nSPS) is 21.3. The Kier molecular flexibility index (Phi) is 5.92. The van der Waals surface area contributed by atoms with E-state index in [-0.39, 0.29) is 36.1 Å². The van der Waals surface area contributed by atoms with Gasteiger partial charge in [-0.25, -0.2) is 13.4 Å². The fourth-order valence-electron chi connectivity index (χ4n) is 4.28. The maximum absolute atomic E-state index is 13.0. The van der Waals surface area contributed by atoms with E-state index in [1.807, 2.05) is 41.5 Å². The third-order valence-corrected chi connectivity index (χ3v) is 8.45. The minimum absolute atomic E-state index is 0.0667. The Bertz CT molecular complexity index is 963. The minimum atomic E-state index is -3.04. The molecule has 0 spiro atoms. The molecule has 1 aliphatic carbocycles. The molecule has 0 bridgehead atoms. The van der Waals surface area contributed by atoms with E-state index < -0.39 is 9.84 Å². The number of ether oxygens (including phenoxy) is 1. The van der Waals surface area contributed by atoms with Gasteiger partial charge in [0.1, 0.15) is 10.8 Å². The number of carbonyl (C=O) groups excluding carboxylic acids is 1. The molecule has 1 aromatic carbocycles. The van der Waals surface area contributed by atoms with Crippen molar-refractivity contribution in [3.05, 3.63) is 35.3 Å². The summed E-state index contributed by atoms with van der Waals surface area (Å²) in [5.41, 5.74) is 2.02. The lowest BCUT2D eigenvalue weighted by molar-refractivity contribution is -0.137. The van der Waals surface area contributed by atoms with E-state index in [1.165, 1.54) is 0 Å². The zero-order valence-electron chi connectivity index (χ0n) is 16.5. The van der Waals surface area contributed by atoms with Gasteiger partial charge in [-0.2, -0.15) is 0 Å². The molecule has 1 saturated carbocycles. The number of sulfone groups is 1. The highest BCUT2D eigenvalue weighted by Crippen LogP contribution is 2.30. The Morgan fingerprint density at radius 1 is 1.17 bits per heavy atom. The highest BCUT2D eigenvalue weighted by molar-refractivity contribution is 7.91. The highest BCUT2D eigenvalue weighted by atomic mass is 32.2. The molecule has 0 N–H and O–H groups in total. The van der Waals surface area contributed by atoms with Gasteiger partial charge in [0.25, 0.3) is 5.91 Å².